The van der Waals surface area contributed by atoms with Gasteiger partial charge in [-0.05, 0) is 40.2 Å². The molecular formula is C11H8BrF3N2S. The minimum atomic E-state index is -4.34. The maximum Gasteiger partial charge on any atom is 0.417 e. The first-order valence-corrected chi connectivity index (χ1v) is 6.57. The highest BCUT2D eigenvalue weighted by Crippen LogP contribution is 2.29. The molecule has 0 aliphatic heterocycles. The van der Waals surface area contributed by atoms with Crippen LogP contribution in [0.4, 0.5) is 19.0 Å². The molecule has 0 bridgehead atoms. The van der Waals surface area contributed by atoms with E-state index in [9.17, 15) is 13.2 Å². The Kier molecular flexibility index (Phi) is 3.91. The summed E-state index contributed by atoms with van der Waals surface area (Å²) in [6.07, 6.45) is -3.52. The van der Waals surface area contributed by atoms with Crippen molar-refractivity contribution >= 4 is 33.1 Å². The fraction of sp³-hybridized carbons (Fsp3) is 0.182. The second-order valence-electron chi connectivity index (χ2n) is 3.49. The van der Waals surface area contributed by atoms with Gasteiger partial charge in [0.2, 0.25) is 0 Å². The van der Waals surface area contributed by atoms with E-state index in [1.54, 1.807) is 11.3 Å². The minimum absolute atomic E-state index is 0.424. The van der Waals surface area contributed by atoms with Crippen LogP contribution >= 0.6 is 27.3 Å². The van der Waals surface area contributed by atoms with E-state index in [4.69, 9.17) is 0 Å². The van der Waals surface area contributed by atoms with Crippen LogP contribution in [0.3, 0.4) is 0 Å². The van der Waals surface area contributed by atoms with Gasteiger partial charge in [0.25, 0.3) is 0 Å². The molecule has 2 rings (SSSR count). The second-order valence-corrected chi connectivity index (χ2v) is 6.04. The molecule has 0 spiro atoms. The van der Waals surface area contributed by atoms with Gasteiger partial charge in [0.1, 0.15) is 5.82 Å². The van der Waals surface area contributed by atoms with Crippen LogP contribution in [-0.2, 0) is 12.7 Å². The van der Waals surface area contributed by atoms with Crippen molar-refractivity contribution in [3.63, 3.8) is 0 Å². The summed E-state index contributed by atoms with van der Waals surface area (Å²) in [5.41, 5.74) is -0.744. The first-order valence-electron chi connectivity index (χ1n) is 4.96. The van der Waals surface area contributed by atoms with Gasteiger partial charge in [-0.1, -0.05) is 0 Å². The number of nitrogens with zero attached hydrogens (tertiary/aromatic N) is 1. The fourth-order valence-electron chi connectivity index (χ4n) is 1.29. The van der Waals surface area contributed by atoms with Crippen LogP contribution in [0.1, 0.15) is 10.4 Å². The van der Waals surface area contributed by atoms with Crippen molar-refractivity contribution in [2.45, 2.75) is 12.7 Å². The lowest BCUT2D eigenvalue weighted by molar-refractivity contribution is -0.137. The monoisotopic (exact) mass is 336 g/mol. The zero-order chi connectivity index (χ0) is 13.2. The minimum Gasteiger partial charge on any atom is -0.365 e. The van der Waals surface area contributed by atoms with E-state index in [1.807, 2.05) is 12.1 Å². The SMILES string of the molecule is FC(F)(F)c1ccc(NCc2ccc(Br)s2)nc1. The average molecular weight is 337 g/mol. The average Bonchev–Trinajstić information content (AvgIpc) is 2.72. The zero-order valence-electron chi connectivity index (χ0n) is 8.96. The fourth-order valence-corrected chi connectivity index (χ4v) is 2.71. The van der Waals surface area contributed by atoms with E-state index < -0.39 is 11.7 Å². The van der Waals surface area contributed by atoms with E-state index in [0.717, 1.165) is 20.9 Å². The molecule has 0 aliphatic carbocycles. The number of halogens is 4. The molecule has 2 nitrogen and oxygen atoms in total. The number of hydrogen-bond donors (Lipinski definition) is 1. The number of anilines is 1. The molecule has 0 saturated heterocycles. The smallest absolute Gasteiger partial charge is 0.365 e. The Morgan fingerprint density at radius 1 is 1.22 bits per heavy atom. The molecule has 0 radical (unpaired) electrons. The van der Waals surface area contributed by atoms with Gasteiger partial charge in [-0.3, -0.25) is 0 Å². The number of alkyl halides is 3. The molecule has 96 valence electrons. The third kappa shape index (κ3) is 3.46. The van der Waals surface area contributed by atoms with E-state index in [2.05, 4.69) is 26.2 Å². The van der Waals surface area contributed by atoms with Crippen LogP contribution < -0.4 is 5.32 Å². The highest BCUT2D eigenvalue weighted by Gasteiger charge is 2.30. The number of nitrogens with one attached hydrogen (secondary N) is 1. The molecule has 0 atom stereocenters. The van der Waals surface area contributed by atoms with Crippen LogP contribution in [0.25, 0.3) is 0 Å². The largest absolute Gasteiger partial charge is 0.417 e. The zero-order valence-corrected chi connectivity index (χ0v) is 11.4. The van der Waals surface area contributed by atoms with Crippen LogP contribution in [-0.4, -0.2) is 4.98 Å². The van der Waals surface area contributed by atoms with Gasteiger partial charge >= 0.3 is 6.18 Å². The molecular weight excluding hydrogens is 329 g/mol. The van der Waals surface area contributed by atoms with Gasteiger partial charge in [-0.15, -0.1) is 11.3 Å². The first-order chi connectivity index (χ1) is 8.45. The molecule has 0 aromatic carbocycles. The summed E-state index contributed by atoms with van der Waals surface area (Å²) in [6, 6.07) is 6.19. The summed E-state index contributed by atoms with van der Waals surface area (Å²) in [5, 5.41) is 2.96. The van der Waals surface area contributed by atoms with Crippen molar-refractivity contribution in [1.29, 1.82) is 0 Å². The maximum absolute atomic E-state index is 12.3. The molecule has 18 heavy (non-hydrogen) atoms. The van der Waals surface area contributed by atoms with E-state index in [-0.39, 0.29) is 0 Å². The highest BCUT2D eigenvalue weighted by molar-refractivity contribution is 9.11. The molecule has 2 heterocycles. The molecule has 0 amide bonds. The van der Waals surface area contributed by atoms with Gasteiger partial charge < -0.3 is 5.32 Å². The van der Waals surface area contributed by atoms with Crippen molar-refractivity contribution in [3.05, 3.63) is 44.7 Å². The van der Waals surface area contributed by atoms with E-state index >= 15 is 0 Å². The summed E-state index contributed by atoms with van der Waals surface area (Å²) in [5.74, 6) is 0.424. The predicted octanol–water partition coefficient (Wildman–Crippen LogP) is 4.54. The summed E-state index contributed by atoms with van der Waals surface area (Å²) in [7, 11) is 0. The van der Waals surface area contributed by atoms with Crippen LogP contribution in [0.2, 0.25) is 0 Å². The third-order valence-corrected chi connectivity index (χ3v) is 3.79. The van der Waals surface area contributed by atoms with Crippen molar-refractivity contribution < 1.29 is 13.2 Å². The summed E-state index contributed by atoms with van der Waals surface area (Å²) in [6.45, 7) is 0.536. The van der Waals surface area contributed by atoms with E-state index in [1.165, 1.54) is 6.07 Å². The number of pyridine rings is 1. The van der Waals surface area contributed by atoms with Gasteiger partial charge in [-0.25, -0.2) is 4.98 Å². The van der Waals surface area contributed by atoms with Gasteiger partial charge in [0.05, 0.1) is 15.9 Å². The Morgan fingerprint density at radius 3 is 2.50 bits per heavy atom. The second kappa shape index (κ2) is 5.27. The maximum atomic E-state index is 12.3. The lowest BCUT2D eigenvalue weighted by atomic mass is 10.3. The quantitative estimate of drug-likeness (QED) is 0.890. The van der Waals surface area contributed by atoms with Crippen molar-refractivity contribution in [2.75, 3.05) is 5.32 Å². The Morgan fingerprint density at radius 2 is 2.00 bits per heavy atom. The molecule has 7 heteroatoms. The normalized spacial score (nSPS) is 11.6. The highest BCUT2D eigenvalue weighted by atomic mass is 79.9. The first kappa shape index (κ1) is 13.4. The number of aromatic nitrogens is 1. The standard InChI is InChI=1S/C11H8BrF3N2S/c12-9-3-2-8(18-9)6-17-10-4-1-7(5-16-10)11(13,14)15/h1-5H,6H2,(H,16,17). The summed E-state index contributed by atoms with van der Waals surface area (Å²) >= 11 is 4.90. The van der Waals surface area contributed by atoms with Crippen LogP contribution in [0, 0.1) is 0 Å². The Hall–Kier alpha value is -1.08. The van der Waals surface area contributed by atoms with Crippen LogP contribution in [0.5, 0.6) is 0 Å². The lowest BCUT2D eigenvalue weighted by Gasteiger charge is -2.07. The number of rotatable bonds is 3. The molecule has 0 unspecified atom stereocenters. The Labute approximate surface area is 114 Å². The van der Waals surface area contributed by atoms with Crippen molar-refractivity contribution in [1.82, 2.24) is 4.98 Å². The van der Waals surface area contributed by atoms with Gasteiger partial charge in [-0.2, -0.15) is 13.2 Å². The van der Waals surface area contributed by atoms with Crippen molar-refractivity contribution in [3.8, 4) is 0 Å². The topological polar surface area (TPSA) is 24.9 Å². The number of hydrogen-bond acceptors (Lipinski definition) is 3. The van der Waals surface area contributed by atoms with E-state index in [0.29, 0.717) is 12.4 Å². The van der Waals surface area contributed by atoms with Gasteiger partial charge in [0, 0.05) is 11.1 Å². The Bertz CT molecular complexity index is 522. The molecule has 2 aromatic heterocycles. The molecule has 0 fully saturated rings. The molecule has 2 aromatic rings. The van der Waals surface area contributed by atoms with Crippen molar-refractivity contribution in [2.24, 2.45) is 0 Å². The van der Waals surface area contributed by atoms with Gasteiger partial charge in [0.15, 0.2) is 0 Å². The number of thiophene rings is 1. The summed E-state index contributed by atoms with van der Waals surface area (Å²) < 4.78 is 37.9. The Balaban J connectivity index is 1.98. The predicted molar refractivity (Wildman–Crippen MR) is 68.6 cm³/mol. The lowest BCUT2D eigenvalue weighted by Crippen LogP contribution is -2.06. The molecule has 1 N–H and O–H groups in total. The molecule has 0 aliphatic rings. The summed E-state index contributed by atoms with van der Waals surface area (Å²) in [4.78, 5) is 4.80. The van der Waals surface area contributed by atoms with Crippen LogP contribution in [0.15, 0.2) is 34.2 Å². The third-order valence-electron chi connectivity index (χ3n) is 2.16. The molecule has 0 saturated carbocycles.